The van der Waals surface area contributed by atoms with Crippen molar-refractivity contribution >= 4 is 7.60 Å². The van der Waals surface area contributed by atoms with Crippen LogP contribution in [0.2, 0.25) is 0 Å². The maximum Gasteiger partial charge on any atom is 0.350 e. The second-order valence-electron chi connectivity index (χ2n) is 1.77. The molecule has 0 aliphatic heterocycles. The monoisotopic (exact) mass is 177 g/mol. The molecule has 1 unspecified atom stereocenters. The van der Waals surface area contributed by atoms with Gasteiger partial charge in [-0.1, -0.05) is 12.2 Å². The van der Waals surface area contributed by atoms with E-state index in [9.17, 15) is 4.57 Å². The maximum absolute atomic E-state index is 11.3. The van der Waals surface area contributed by atoms with Crippen molar-refractivity contribution in [3.8, 4) is 0 Å². The van der Waals surface area contributed by atoms with E-state index in [4.69, 9.17) is 10.4 Å². The van der Waals surface area contributed by atoms with Gasteiger partial charge < -0.3 is 4.52 Å². The highest BCUT2D eigenvalue weighted by Crippen LogP contribution is 2.45. The van der Waals surface area contributed by atoms with Crippen LogP contribution < -0.4 is 5.90 Å². The van der Waals surface area contributed by atoms with Gasteiger partial charge in [-0.05, 0) is 0 Å². The molecule has 0 amide bonds. The molecular weight excluding hydrogens is 165 g/mol. The molecule has 0 aromatic carbocycles. The first-order chi connectivity index (χ1) is 5.18. The van der Waals surface area contributed by atoms with E-state index in [-0.39, 0.29) is 12.8 Å². The normalized spacial score (nSPS) is 15.4. The maximum atomic E-state index is 11.3. The molecule has 0 aromatic heterocycles. The summed E-state index contributed by atoms with van der Waals surface area (Å²) in [4.78, 5) is 0. The molecule has 0 spiro atoms. The summed E-state index contributed by atoms with van der Waals surface area (Å²) in [5.74, 6) is 4.76. The summed E-state index contributed by atoms with van der Waals surface area (Å²) in [5, 5.41) is 0. The molecule has 1 atom stereocenters. The standard InChI is InChI=1S/C6H12NO3P/c1-3-5-9-11(8,10-7)6-4-2/h3-4H,1-2,5-7H2. The summed E-state index contributed by atoms with van der Waals surface area (Å²) in [5.41, 5.74) is 0. The first-order valence-corrected chi connectivity index (χ1v) is 4.75. The van der Waals surface area contributed by atoms with Crippen LogP contribution in [0.4, 0.5) is 0 Å². The van der Waals surface area contributed by atoms with Crippen LogP contribution >= 0.6 is 7.60 Å². The molecule has 0 aliphatic rings. The van der Waals surface area contributed by atoms with E-state index < -0.39 is 7.60 Å². The fraction of sp³-hybridized carbons (Fsp3) is 0.333. The molecule has 0 saturated carbocycles. The van der Waals surface area contributed by atoms with E-state index in [1.807, 2.05) is 0 Å². The summed E-state index contributed by atoms with van der Waals surface area (Å²) in [6.07, 6.45) is 3.00. The van der Waals surface area contributed by atoms with Gasteiger partial charge in [0.25, 0.3) is 0 Å². The average Bonchev–Trinajstić information content (AvgIpc) is 2.02. The lowest BCUT2D eigenvalue weighted by atomic mass is 10.7. The van der Waals surface area contributed by atoms with E-state index in [1.165, 1.54) is 12.2 Å². The van der Waals surface area contributed by atoms with Crippen molar-refractivity contribution < 1.29 is 13.7 Å². The number of hydrogen-bond acceptors (Lipinski definition) is 4. The van der Waals surface area contributed by atoms with Crippen LogP contribution in [0.5, 0.6) is 0 Å². The molecule has 4 nitrogen and oxygen atoms in total. The number of nitrogens with two attached hydrogens (primary N) is 1. The lowest BCUT2D eigenvalue weighted by Crippen LogP contribution is -2.03. The lowest BCUT2D eigenvalue weighted by molar-refractivity contribution is 0.226. The van der Waals surface area contributed by atoms with Crippen LogP contribution in [-0.2, 0) is 13.7 Å². The second-order valence-corrected chi connectivity index (χ2v) is 3.83. The van der Waals surface area contributed by atoms with Crippen molar-refractivity contribution in [1.29, 1.82) is 0 Å². The van der Waals surface area contributed by atoms with E-state index in [2.05, 4.69) is 17.8 Å². The summed E-state index contributed by atoms with van der Waals surface area (Å²) in [7, 11) is -3.13. The summed E-state index contributed by atoms with van der Waals surface area (Å²) >= 11 is 0. The number of rotatable bonds is 6. The average molecular weight is 177 g/mol. The third-order valence-corrected chi connectivity index (χ3v) is 2.47. The Morgan fingerprint density at radius 3 is 2.45 bits per heavy atom. The van der Waals surface area contributed by atoms with E-state index >= 15 is 0 Å². The van der Waals surface area contributed by atoms with Gasteiger partial charge in [0, 0.05) is 0 Å². The zero-order chi connectivity index (χ0) is 8.74. The fourth-order valence-electron chi connectivity index (χ4n) is 0.451. The highest BCUT2D eigenvalue weighted by molar-refractivity contribution is 7.54. The summed E-state index contributed by atoms with van der Waals surface area (Å²) in [6.45, 7) is 6.93. The Balaban J connectivity index is 3.98. The predicted octanol–water partition coefficient (Wildman–Crippen LogP) is 1.46. The molecule has 0 heterocycles. The van der Waals surface area contributed by atoms with E-state index in [0.717, 1.165) is 0 Å². The highest BCUT2D eigenvalue weighted by atomic mass is 31.2. The molecule has 2 N–H and O–H groups in total. The largest absolute Gasteiger partial charge is 0.350 e. The van der Waals surface area contributed by atoms with Crippen LogP contribution in [0, 0.1) is 0 Å². The highest BCUT2D eigenvalue weighted by Gasteiger charge is 2.20. The van der Waals surface area contributed by atoms with Crippen molar-refractivity contribution in [2.45, 2.75) is 0 Å². The minimum atomic E-state index is -3.13. The molecule has 0 saturated heterocycles. The minimum absolute atomic E-state index is 0.108. The third kappa shape index (κ3) is 4.11. The van der Waals surface area contributed by atoms with E-state index in [1.54, 1.807) is 0 Å². The molecule has 0 rings (SSSR count). The molecule has 11 heavy (non-hydrogen) atoms. The van der Waals surface area contributed by atoms with Gasteiger partial charge in [-0.2, -0.15) is 0 Å². The SMILES string of the molecule is C=CCOP(=O)(CC=C)ON. The molecule has 5 heteroatoms. The Hall–Kier alpha value is -0.410. The molecule has 0 bridgehead atoms. The smallest absolute Gasteiger partial charge is 0.303 e. The Kier molecular flexibility index (Phi) is 5.07. The zero-order valence-corrected chi connectivity index (χ0v) is 7.13. The van der Waals surface area contributed by atoms with Crippen LogP contribution in [0.15, 0.2) is 25.3 Å². The first-order valence-electron chi connectivity index (χ1n) is 3.02. The van der Waals surface area contributed by atoms with Crippen LogP contribution in [0.1, 0.15) is 0 Å². The lowest BCUT2D eigenvalue weighted by Gasteiger charge is -2.11. The topological polar surface area (TPSA) is 61.5 Å². The zero-order valence-electron chi connectivity index (χ0n) is 6.23. The van der Waals surface area contributed by atoms with Gasteiger partial charge in [-0.15, -0.1) is 13.2 Å². The van der Waals surface area contributed by atoms with Gasteiger partial charge >= 0.3 is 7.60 Å². The molecule has 0 radical (unpaired) electrons. The van der Waals surface area contributed by atoms with Gasteiger partial charge in [-0.3, -0.25) is 4.57 Å². The minimum Gasteiger partial charge on any atom is -0.303 e. The number of allylic oxidation sites excluding steroid dienone is 1. The van der Waals surface area contributed by atoms with E-state index in [0.29, 0.717) is 0 Å². The Morgan fingerprint density at radius 1 is 1.45 bits per heavy atom. The van der Waals surface area contributed by atoms with Crippen molar-refractivity contribution in [2.75, 3.05) is 12.8 Å². The second kappa shape index (κ2) is 5.27. The first kappa shape index (κ1) is 10.6. The van der Waals surface area contributed by atoms with Crippen LogP contribution in [0.25, 0.3) is 0 Å². The molecule has 64 valence electrons. The molecular formula is C6H12NO3P. The molecule has 0 fully saturated rings. The van der Waals surface area contributed by atoms with Gasteiger partial charge in [0.15, 0.2) is 0 Å². The quantitative estimate of drug-likeness (QED) is 0.379. The van der Waals surface area contributed by atoms with Crippen molar-refractivity contribution in [2.24, 2.45) is 5.90 Å². The molecule has 0 aromatic rings. The van der Waals surface area contributed by atoms with Gasteiger partial charge in [-0.25, -0.2) is 10.5 Å². The molecule has 0 aliphatic carbocycles. The predicted molar refractivity (Wildman–Crippen MR) is 44.1 cm³/mol. The van der Waals surface area contributed by atoms with Crippen molar-refractivity contribution in [3.05, 3.63) is 25.3 Å². The summed E-state index contributed by atoms with van der Waals surface area (Å²) in [6, 6.07) is 0. The Labute approximate surface area is 66.2 Å². The van der Waals surface area contributed by atoms with Crippen molar-refractivity contribution in [3.63, 3.8) is 0 Å². The Morgan fingerprint density at radius 2 is 2.09 bits per heavy atom. The Bertz CT molecular complexity index is 181. The summed E-state index contributed by atoms with van der Waals surface area (Å²) < 4.78 is 20.2. The third-order valence-electron chi connectivity index (χ3n) is 0.902. The number of hydrogen-bond donors (Lipinski definition) is 1. The van der Waals surface area contributed by atoms with Crippen molar-refractivity contribution in [1.82, 2.24) is 0 Å². The van der Waals surface area contributed by atoms with Gasteiger partial charge in [0.05, 0.1) is 12.8 Å². The van der Waals surface area contributed by atoms with Crippen LogP contribution in [0.3, 0.4) is 0 Å². The van der Waals surface area contributed by atoms with Gasteiger partial charge in [0.1, 0.15) is 0 Å². The van der Waals surface area contributed by atoms with Crippen LogP contribution in [-0.4, -0.2) is 12.8 Å². The van der Waals surface area contributed by atoms with Gasteiger partial charge in [0.2, 0.25) is 0 Å². The fourth-order valence-corrected chi connectivity index (χ4v) is 1.35.